The number of nitrogens with zero attached hydrogens (tertiary/aromatic N) is 2. The molecule has 0 aliphatic carbocycles. The summed E-state index contributed by atoms with van der Waals surface area (Å²) in [5.41, 5.74) is 1.22. The molecule has 0 saturated heterocycles. The number of hydrogen-bond donors (Lipinski definition) is 1. The fourth-order valence-electron chi connectivity index (χ4n) is 2.14. The van der Waals surface area contributed by atoms with Crippen molar-refractivity contribution in [2.75, 3.05) is 0 Å². The van der Waals surface area contributed by atoms with E-state index in [1.807, 2.05) is 6.92 Å². The molecule has 0 unspecified atom stereocenters. The van der Waals surface area contributed by atoms with Gasteiger partial charge in [-0.25, -0.2) is 4.79 Å². The summed E-state index contributed by atoms with van der Waals surface area (Å²) in [6, 6.07) is 8.30. The Morgan fingerprint density at radius 3 is 2.33 bits per heavy atom. The number of benzene rings is 1. The van der Waals surface area contributed by atoms with E-state index in [1.54, 1.807) is 31.2 Å². The highest BCUT2D eigenvalue weighted by atomic mass is 16.4. The van der Waals surface area contributed by atoms with Gasteiger partial charge in [0.15, 0.2) is 0 Å². The van der Waals surface area contributed by atoms with Crippen LogP contribution < -0.4 is 0 Å². The number of rotatable bonds is 3. The van der Waals surface area contributed by atoms with Gasteiger partial charge in [-0.2, -0.15) is 0 Å². The van der Waals surface area contributed by atoms with Crippen molar-refractivity contribution in [1.29, 1.82) is 0 Å². The summed E-state index contributed by atoms with van der Waals surface area (Å²) in [6.07, 6.45) is 0. The Labute approximate surface area is 120 Å². The third-order valence-electron chi connectivity index (χ3n) is 3.08. The normalized spacial score (nSPS) is 10.8. The average Bonchev–Trinajstić information content (AvgIpc) is 3.05. The predicted molar refractivity (Wildman–Crippen MR) is 73.9 cm³/mol. The predicted octanol–water partition coefficient (Wildman–Crippen LogP) is 3.31. The molecule has 0 fully saturated rings. The zero-order valence-electron chi connectivity index (χ0n) is 11.5. The zero-order valence-corrected chi connectivity index (χ0v) is 11.5. The Kier molecular flexibility index (Phi) is 3.06. The monoisotopic (exact) mass is 284 g/mol. The van der Waals surface area contributed by atoms with Crippen molar-refractivity contribution in [2.45, 2.75) is 13.8 Å². The molecule has 0 spiro atoms. The van der Waals surface area contributed by atoms with Gasteiger partial charge in [-0.05, 0) is 32.0 Å². The highest BCUT2D eigenvalue weighted by Crippen LogP contribution is 2.29. The van der Waals surface area contributed by atoms with E-state index in [9.17, 15) is 9.90 Å². The standard InChI is InChI=1S/C15H12N2O4/c1-8-7-12(9(2)20-8)14-17-16-13(21-14)10-5-3-4-6-11(10)15(18)19/h3-7H,1-2H3,(H,18,19). The highest BCUT2D eigenvalue weighted by molar-refractivity contribution is 5.94. The van der Waals surface area contributed by atoms with Crippen molar-refractivity contribution < 1.29 is 18.7 Å². The molecule has 106 valence electrons. The molecule has 0 aliphatic rings. The Morgan fingerprint density at radius 1 is 1.05 bits per heavy atom. The topological polar surface area (TPSA) is 89.4 Å². The molecule has 2 aromatic heterocycles. The maximum atomic E-state index is 11.2. The average molecular weight is 284 g/mol. The van der Waals surface area contributed by atoms with Crippen LogP contribution in [0.15, 0.2) is 39.2 Å². The molecule has 2 heterocycles. The summed E-state index contributed by atoms with van der Waals surface area (Å²) < 4.78 is 11.0. The third-order valence-corrected chi connectivity index (χ3v) is 3.08. The minimum atomic E-state index is -1.04. The Bertz CT molecular complexity index is 817. The summed E-state index contributed by atoms with van der Waals surface area (Å²) in [7, 11) is 0. The number of carboxylic acid groups (broad SMARTS) is 1. The first-order valence-electron chi connectivity index (χ1n) is 6.30. The van der Waals surface area contributed by atoms with Crippen molar-refractivity contribution in [3.63, 3.8) is 0 Å². The van der Waals surface area contributed by atoms with Gasteiger partial charge >= 0.3 is 5.97 Å². The lowest BCUT2D eigenvalue weighted by Crippen LogP contribution is -1.98. The molecule has 3 aromatic rings. The van der Waals surface area contributed by atoms with Gasteiger partial charge in [0.25, 0.3) is 5.89 Å². The van der Waals surface area contributed by atoms with Crippen molar-refractivity contribution in [2.24, 2.45) is 0 Å². The van der Waals surface area contributed by atoms with E-state index < -0.39 is 5.97 Å². The minimum Gasteiger partial charge on any atom is -0.478 e. The van der Waals surface area contributed by atoms with E-state index in [-0.39, 0.29) is 11.5 Å². The quantitative estimate of drug-likeness (QED) is 0.793. The lowest BCUT2D eigenvalue weighted by atomic mass is 10.1. The summed E-state index contributed by atoms with van der Waals surface area (Å²) in [5.74, 6) is 0.851. The Morgan fingerprint density at radius 2 is 1.71 bits per heavy atom. The smallest absolute Gasteiger partial charge is 0.336 e. The van der Waals surface area contributed by atoms with Gasteiger partial charge in [0.05, 0.1) is 16.7 Å². The SMILES string of the molecule is Cc1cc(-c2nnc(-c3ccccc3C(=O)O)o2)c(C)o1. The van der Waals surface area contributed by atoms with E-state index in [1.165, 1.54) is 6.07 Å². The van der Waals surface area contributed by atoms with Crippen LogP contribution >= 0.6 is 0 Å². The molecular formula is C15H12N2O4. The van der Waals surface area contributed by atoms with Crippen LogP contribution in [0.5, 0.6) is 0 Å². The van der Waals surface area contributed by atoms with Crippen molar-refractivity contribution in [3.8, 4) is 22.9 Å². The second kappa shape index (κ2) is 4.90. The number of aromatic carboxylic acids is 1. The number of carbonyl (C=O) groups is 1. The van der Waals surface area contributed by atoms with Crippen LogP contribution in [0, 0.1) is 13.8 Å². The van der Waals surface area contributed by atoms with Gasteiger partial charge in [-0.15, -0.1) is 10.2 Å². The van der Waals surface area contributed by atoms with Crippen molar-refractivity contribution >= 4 is 5.97 Å². The molecule has 0 aliphatic heterocycles. The van der Waals surface area contributed by atoms with E-state index in [0.717, 1.165) is 5.76 Å². The van der Waals surface area contributed by atoms with Gasteiger partial charge in [0, 0.05) is 0 Å². The van der Waals surface area contributed by atoms with Gasteiger partial charge in [-0.3, -0.25) is 0 Å². The summed E-state index contributed by atoms with van der Waals surface area (Å²) in [6.45, 7) is 3.63. The number of aromatic nitrogens is 2. The number of hydrogen-bond acceptors (Lipinski definition) is 5. The van der Waals surface area contributed by atoms with Gasteiger partial charge in [-0.1, -0.05) is 12.1 Å². The van der Waals surface area contributed by atoms with E-state index in [0.29, 0.717) is 22.8 Å². The van der Waals surface area contributed by atoms with Crippen LogP contribution in [0.4, 0.5) is 0 Å². The van der Waals surface area contributed by atoms with Gasteiger partial charge in [0.1, 0.15) is 11.5 Å². The zero-order chi connectivity index (χ0) is 15.0. The maximum Gasteiger partial charge on any atom is 0.336 e. The molecule has 6 nitrogen and oxygen atoms in total. The first-order valence-corrected chi connectivity index (χ1v) is 6.30. The van der Waals surface area contributed by atoms with Crippen LogP contribution in [0.2, 0.25) is 0 Å². The number of furan rings is 1. The van der Waals surface area contributed by atoms with Crippen molar-refractivity contribution in [3.05, 3.63) is 47.4 Å². The molecule has 6 heteroatoms. The van der Waals surface area contributed by atoms with Gasteiger partial charge in [0.2, 0.25) is 5.89 Å². The van der Waals surface area contributed by atoms with E-state index in [2.05, 4.69) is 10.2 Å². The van der Waals surface area contributed by atoms with Gasteiger partial charge < -0.3 is 13.9 Å². The van der Waals surface area contributed by atoms with E-state index in [4.69, 9.17) is 8.83 Å². The fourth-order valence-corrected chi connectivity index (χ4v) is 2.14. The molecule has 0 saturated carbocycles. The molecular weight excluding hydrogens is 272 g/mol. The maximum absolute atomic E-state index is 11.2. The lowest BCUT2D eigenvalue weighted by molar-refractivity contribution is 0.0697. The first-order chi connectivity index (χ1) is 10.1. The highest BCUT2D eigenvalue weighted by Gasteiger charge is 2.19. The number of aryl methyl sites for hydroxylation is 2. The molecule has 21 heavy (non-hydrogen) atoms. The van der Waals surface area contributed by atoms with Crippen LogP contribution in [0.1, 0.15) is 21.9 Å². The summed E-state index contributed by atoms with van der Waals surface area (Å²) >= 11 is 0. The second-order valence-electron chi connectivity index (χ2n) is 4.59. The largest absolute Gasteiger partial charge is 0.478 e. The molecule has 3 rings (SSSR count). The Balaban J connectivity index is 2.07. The Hall–Kier alpha value is -2.89. The van der Waals surface area contributed by atoms with Crippen molar-refractivity contribution in [1.82, 2.24) is 10.2 Å². The van der Waals surface area contributed by atoms with Crippen LogP contribution in [-0.4, -0.2) is 21.3 Å². The minimum absolute atomic E-state index is 0.118. The van der Waals surface area contributed by atoms with Crippen LogP contribution in [-0.2, 0) is 0 Å². The van der Waals surface area contributed by atoms with Crippen LogP contribution in [0.3, 0.4) is 0 Å². The summed E-state index contributed by atoms with van der Waals surface area (Å²) in [4.78, 5) is 11.2. The summed E-state index contributed by atoms with van der Waals surface area (Å²) in [5, 5.41) is 17.1. The molecule has 0 atom stereocenters. The third kappa shape index (κ3) is 2.31. The lowest BCUT2D eigenvalue weighted by Gasteiger charge is -1.99. The molecule has 1 aromatic carbocycles. The van der Waals surface area contributed by atoms with E-state index >= 15 is 0 Å². The fraction of sp³-hybridized carbons (Fsp3) is 0.133. The first kappa shape index (κ1) is 13.1. The molecule has 0 amide bonds. The molecule has 1 N–H and O–H groups in total. The second-order valence-corrected chi connectivity index (χ2v) is 4.59. The van der Waals surface area contributed by atoms with Crippen LogP contribution in [0.25, 0.3) is 22.9 Å². The number of carboxylic acids is 1. The molecule has 0 radical (unpaired) electrons. The molecule has 0 bridgehead atoms.